The van der Waals surface area contributed by atoms with Crippen molar-refractivity contribution in [2.75, 3.05) is 11.4 Å². The molecule has 3 heteroatoms. The van der Waals surface area contributed by atoms with E-state index >= 15 is 0 Å². The van der Waals surface area contributed by atoms with Gasteiger partial charge < -0.3 is 10.2 Å². The van der Waals surface area contributed by atoms with Gasteiger partial charge in [0.1, 0.15) is 0 Å². The summed E-state index contributed by atoms with van der Waals surface area (Å²) in [5.74, 6) is 0. The van der Waals surface area contributed by atoms with E-state index in [4.69, 9.17) is 12.2 Å². The van der Waals surface area contributed by atoms with Crippen LogP contribution in [-0.4, -0.2) is 17.7 Å². The molecule has 2 heterocycles. The lowest BCUT2D eigenvalue weighted by molar-refractivity contribution is 0.618. The fraction of sp³-hybridized carbons (Fsp3) is 0.267. The van der Waals surface area contributed by atoms with Gasteiger partial charge in [0.25, 0.3) is 0 Å². The minimum atomic E-state index is 0.547. The van der Waals surface area contributed by atoms with Gasteiger partial charge in [-0.3, -0.25) is 0 Å². The molecule has 1 atom stereocenters. The minimum absolute atomic E-state index is 0.547. The molecule has 0 spiro atoms. The van der Waals surface area contributed by atoms with E-state index in [1.807, 2.05) is 0 Å². The summed E-state index contributed by atoms with van der Waals surface area (Å²) in [7, 11) is 0. The molecule has 2 nitrogen and oxygen atoms in total. The fourth-order valence-electron chi connectivity index (χ4n) is 3.21. The Labute approximate surface area is 112 Å². The number of hydrogen-bond acceptors (Lipinski definition) is 1. The fourth-order valence-corrected chi connectivity index (χ4v) is 3.54. The summed E-state index contributed by atoms with van der Waals surface area (Å²) >= 11 is 5.43. The van der Waals surface area contributed by atoms with E-state index in [0.717, 1.165) is 18.1 Å². The molecule has 2 aromatic rings. The lowest BCUT2D eigenvalue weighted by Crippen LogP contribution is -2.37. The number of thiocarbonyl (C=S) groups is 1. The molecule has 90 valence electrons. The highest BCUT2D eigenvalue weighted by molar-refractivity contribution is 7.80. The smallest absolute Gasteiger partial charge is 0.173 e. The van der Waals surface area contributed by atoms with Gasteiger partial charge in [0.2, 0.25) is 0 Å². The maximum absolute atomic E-state index is 5.43. The molecular formula is C15H14N2S. The van der Waals surface area contributed by atoms with E-state index < -0.39 is 0 Å². The van der Waals surface area contributed by atoms with Crippen molar-refractivity contribution < 1.29 is 0 Å². The molecule has 1 N–H and O–H groups in total. The highest BCUT2D eigenvalue weighted by atomic mass is 32.1. The third kappa shape index (κ3) is 1.31. The molecule has 2 aliphatic heterocycles. The highest BCUT2D eigenvalue weighted by Crippen LogP contribution is 2.37. The summed E-state index contributed by atoms with van der Waals surface area (Å²) in [6.45, 7) is 0.991. The van der Waals surface area contributed by atoms with Crippen molar-refractivity contribution in [2.24, 2.45) is 0 Å². The van der Waals surface area contributed by atoms with Gasteiger partial charge in [0.05, 0.1) is 6.04 Å². The number of nitrogens with zero attached hydrogens (tertiary/aromatic N) is 1. The molecule has 2 aliphatic rings. The average molecular weight is 254 g/mol. The largest absolute Gasteiger partial charge is 0.360 e. The van der Waals surface area contributed by atoms with Gasteiger partial charge in [-0.25, -0.2) is 0 Å². The van der Waals surface area contributed by atoms with Crippen LogP contribution < -0.4 is 10.2 Å². The number of rotatable bonds is 0. The Bertz CT molecular complexity index is 650. The van der Waals surface area contributed by atoms with Crippen molar-refractivity contribution in [1.82, 2.24) is 5.32 Å². The molecular weight excluding hydrogens is 240 g/mol. The molecule has 1 unspecified atom stereocenters. The van der Waals surface area contributed by atoms with Crippen LogP contribution >= 0.6 is 12.2 Å². The third-order valence-electron chi connectivity index (χ3n) is 4.08. The first-order valence-corrected chi connectivity index (χ1v) is 6.83. The number of nitrogens with one attached hydrogen (secondary N) is 1. The van der Waals surface area contributed by atoms with Crippen molar-refractivity contribution in [2.45, 2.75) is 18.9 Å². The Morgan fingerprint density at radius 2 is 2.06 bits per heavy atom. The van der Waals surface area contributed by atoms with Crippen molar-refractivity contribution in [3.63, 3.8) is 0 Å². The Morgan fingerprint density at radius 3 is 3.00 bits per heavy atom. The average Bonchev–Trinajstić information content (AvgIpc) is 2.80. The summed E-state index contributed by atoms with van der Waals surface area (Å²) in [4.78, 5) is 2.31. The van der Waals surface area contributed by atoms with Crippen LogP contribution in [0.15, 0.2) is 36.4 Å². The van der Waals surface area contributed by atoms with Gasteiger partial charge in [-0.2, -0.15) is 0 Å². The Balaban J connectivity index is 1.98. The molecule has 1 fully saturated rings. The van der Waals surface area contributed by atoms with Gasteiger partial charge in [-0.1, -0.05) is 30.3 Å². The maximum atomic E-state index is 5.43. The first-order chi connectivity index (χ1) is 8.84. The summed E-state index contributed by atoms with van der Waals surface area (Å²) < 4.78 is 0. The lowest BCUT2D eigenvalue weighted by Gasteiger charge is -2.32. The summed E-state index contributed by atoms with van der Waals surface area (Å²) in [5, 5.41) is 6.90. The van der Waals surface area contributed by atoms with Crippen LogP contribution in [0, 0.1) is 0 Å². The molecule has 0 aromatic heterocycles. The van der Waals surface area contributed by atoms with Gasteiger partial charge in [0, 0.05) is 12.2 Å². The lowest BCUT2D eigenvalue weighted by atomic mass is 9.92. The van der Waals surface area contributed by atoms with Crippen LogP contribution in [0.3, 0.4) is 0 Å². The Morgan fingerprint density at radius 1 is 1.17 bits per heavy atom. The number of fused-ring (bicyclic) bond motifs is 5. The Kier molecular flexibility index (Phi) is 2.12. The van der Waals surface area contributed by atoms with E-state index in [1.165, 1.54) is 28.4 Å². The number of aryl methyl sites for hydroxylation is 1. The van der Waals surface area contributed by atoms with E-state index in [9.17, 15) is 0 Å². The Hall–Kier alpha value is -1.61. The predicted molar refractivity (Wildman–Crippen MR) is 79.1 cm³/mol. The SMILES string of the molecule is S=C1NCC2CCc3c(ccc4ccccc34)N12. The van der Waals surface area contributed by atoms with Crippen molar-refractivity contribution in [3.05, 3.63) is 42.0 Å². The maximum Gasteiger partial charge on any atom is 0.173 e. The van der Waals surface area contributed by atoms with E-state index in [-0.39, 0.29) is 0 Å². The zero-order chi connectivity index (χ0) is 12.1. The zero-order valence-corrected chi connectivity index (χ0v) is 10.8. The summed E-state index contributed by atoms with van der Waals surface area (Å²) in [6, 6.07) is 13.6. The zero-order valence-electron chi connectivity index (χ0n) is 10.0. The molecule has 0 bridgehead atoms. The molecule has 0 aliphatic carbocycles. The monoisotopic (exact) mass is 254 g/mol. The second kappa shape index (κ2) is 3.69. The van der Waals surface area contributed by atoms with E-state index in [1.54, 1.807) is 0 Å². The van der Waals surface area contributed by atoms with Crippen molar-refractivity contribution in [1.29, 1.82) is 0 Å². The van der Waals surface area contributed by atoms with Crippen LogP contribution in [-0.2, 0) is 6.42 Å². The van der Waals surface area contributed by atoms with Crippen LogP contribution in [0.2, 0.25) is 0 Å². The van der Waals surface area contributed by atoms with Crippen LogP contribution in [0.4, 0.5) is 5.69 Å². The quantitative estimate of drug-likeness (QED) is 0.728. The van der Waals surface area contributed by atoms with Gasteiger partial charge in [0.15, 0.2) is 5.11 Å². The molecule has 0 saturated carbocycles. The summed E-state index contributed by atoms with van der Waals surface area (Å²) in [5.41, 5.74) is 2.76. The first-order valence-electron chi connectivity index (χ1n) is 6.42. The molecule has 4 rings (SSSR count). The van der Waals surface area contributed by atoms with E-state index in [2.05, 4.69) is 46.6 Å². The van der Waals surface area contributed by atoms with Gasteiger partial charge in [-0.05, 0) is 47.5 Å². The molecule has 1 saturated heterocycles. The second-order valence-corrected chi connectivity index (χ2v) is 5.42. The first kappa shape index (κ1) is 10.3. The van der Waals surface area contributed by atoms with E-state index in [0.29, 0.717) is 6.04 Å². The van der Waals surface area contributed by atoms with Crippen LogP contribution in [0.5, 0.6) is 0 Å². The predicted octanol–water partition coefficient (Wildman–Crippen LogP) is 2.85. The topological polar surface area (TPSA) is 15.3 Å². The normalized spacial score (nSPS) is 21.7. The number of hydrogen-bond donors (Lipinski definition) is 1. The second-order valence-electron chi connectivity index (χ2n) is 5.03. The van der Waals surface area contributed by atoms with Crippen LogP contribution in [0.25, 0.3) is 10.8 Å². The van der Waals surface area contributed by atoms with Crippen molar-refractivity contribution >= 4 is 33.8 Å². The standard InChI is InChI=1S/C15H14N2S/c18-15-16-9-11-6-7-13-12-4-2-1-3-10(12)5-8-14(13)17(11)15/h1-5,8,11H,6-7,9H2,(H,16,18). The molecule has 18 heavy (non-hydrogen) atoms. The number of anilines is 1. The van der Waals surface area contributed by atoms with Gasteiger partial charge >= 0.3 is 0 Å². The van der Waals surface area contributed by atoms with Crippen molar-refractivity contribution in [3.8, 4) is 0 Å². The molecule has 0 amide bonds. The highest BCUT2D eigenvalue weighted by Gasteiger charge is 2.34. The molecule has 2 aromatic carbocycles. The summed E-state index contributed by atoms with van der Waals surface area (Å²) in [6.07, 6.45) is 2.34. The minimum Gasteiger partial charge on any atom is -0.360 e. The molecule has 0 radical (unpaired) electrons. The third-order valence-corrected chi connectivity index (χ3v) is 4.42. The van der Waals surface area contributed by atoms with Crippen LogP contribution in [0.1, 0.15) is 12.0 Å². The number of benzene rings is 2. The van der Waals surface area contributed by atoms with Gasteiger partial charge in [-0.15, -0.1) is 0 Å².